The van der Waals surface area contributed by atoms with E-state index in [-0.39, 0.29) is 5.69 Å². The van der Waals surface area contributed by atoms with Crippen molar-refractivity contribution < 1.29 is 9.90 Å². The molecule has 0 saturated carbocycles. The van der Waals surface area contributed by atoms with Crippen LogP contribution in [0.3, 0.4) is 0 Å². The van der Waals surface area contributed by atoms with Crippen molar-refractivity contribution in [3.63, 3.8) is 0 Å². The Morgan fingerprint density at radius 2 is 2.36 bits per heavy atom. The summed E-state index contributed by atoms with van der Waals surface area (Å²) < 4.78 is 4.76. The number of rotatable bonds is 2. The minimum Gasteiger partial charge on any atom is -0.476 e. The van der Waals surface area contributed by atoms with Gasteiger partial charge in [0.1, 0.15) is 0 Å². The van der Waals surface area contributed by atoms with E-state index in [0.717, 1.165) is 10.3 Å². The Morgan fingerprint density at radius 3 is 3.00 bits per heavy atom. The Bertz CT molecular complexity index is 493. The molecule has 0 unspecified atom stereocenters. The fourth-order valence-corrected chi connectivity index (χ4v) is 2.20. The number of nitrogens with two attached hydrogens (primary N) is 1. The summed E-state index contributed by atoms with van der Waals surface area (Å²) in [5, 5.41) is 9.57. The molecule has 0 fully saturated rings. The summed E-state index contributed by atoms with van der Waals surface area (Å²) in [7, 11) is 0. The summed E-state index contributed by atoms with van der Waals surface area (Å²) in [6, 6.07) is 5.52. The first kappa shape index (κ1) is 9.11. The van der Waals surface area contributed by atoms with Crippen LogP contribution in [0.25, 0.3) is 10.1 Å². The van der Waals surface area contributed by atoms with Gasteiger partial charge in [-0.25, -0.2) is 4.79 Å². The van der Waals surface area contributed by atoms with Crippen LogP contribution in [0, 0.1) is 0 Å². The number of nitrogens with zero attached hydrogens (tertiary/aromatic N) is 1. The normalized spacial score (nSPS) is 10.6. The second-order valence-electron chi connectivity index (χ2n) is 2.83. The average molecular weight is 208 g/mol. The van der Waals surface area contributed by atoms with Gasteiger partial charge in [-0.15, -0.1) is 0 Å². The van der Waals surface area contributed by atoms with Crippen LogP contribution in [-0.2, 0) is 6.54 Å². The van der Waals surface area contributed by atoms with Gasteiger partial charge in [0, 0.05) is 11.9 Å². The second kappa shape index (κ2) is 3.36. The third-order valence-corrected chi connectivity index (χ3v) is 2.82. The fourth-order valence-electron chi connectivity index (χ4n) is 1.38. The highest BCUT2D eigenvalue weighted by atomic mass is 32.1. The molecule has 0 saturated heterocycles. The topological polar surface area (TPSA) is 76.2 Å². The molecule has 1 heterocycles. The van der Waals surface area contributed by atoms with Crippen molar-refractivity contribution in [1.29, 1.82) is 0 Å². The van der Waals surface area contributed by atoms with Crippen LogP contribution < -0.4 is 5.73 Å². The van der Waals surface area contributed by atoms with Crippen molar-refractivity contribution in [3.05, 3.63) is 29.5 Å². The molecule has 1 aromatic carbocycles. The highest BCUT2D eigenvalue weighted by Crippen LogP contribution is 2.25. The van der Waals surface area contributed by atoms with Crippen LogP contribution in [0.2, 0.25) is 0 Å². The van der Waals surface area contributed by atoms with Crippen LogP contribution in [0.15, 0.2) is 18.2 Å². The number of aromatic nitrogens is 1. The van der Waals surface area contributed by atoms with Gasteiger partial charge in [0.25, 0.3) is 0 Å². The molecule has 5 heteroatoms. The van der Waals surface area contributed by atoms with Gasteiger partial charge in [-0.05, 0) is 23.2 Å². The summed E-state index contributed by atoms with van der Waals surface area (Å²) in [5.74, 6) is -1.00. The van der Waals surface area contributed by atoms with Gasteiger partial charge in [-0.2, -0.15) is 4.37 Å². The number of carboxylic acids is 1. The van der Waals surface area contributed by atoms with Crippen LogP contribution in [0.5, 0.6) is 0 Å². The smallest absolute Gasteiger partial charge is 0.356 e. The zero-order valence-electron chi connectivity index (χ0n) is 7.23. The summed E-state index contributed by atoms with van der Waals surface area (Å²) in [6.07, 6.45) is 0. The molecule has 0 aliphatic heterocycles. The predicted octanol–water partition coefficient (Wildman–Crippen LogP) is 1.45. The summed E-state index contributed by atoms with van der Waals surface area (Å²) in [4.78, 5) is 10.8. The molecule has 0 bridgehead atoms. The maximum absolute atomic E-state index is 10.8. The number of aromatic carboxylic acids is 1. The predicted molar refractivity (Wildman–Crippen MR) is 54.5 cm³/mol. The Balaban J connectivity index is 2.81. The SMILES string of the molecule is NCc1cccc2snc(C(=O)O)c12. The number of fused-ring (bicyclic) bond motifs is 1. The Labute approximate surface area is 84.1 Å². The van der Waals surface area contributed by atoms with Gasteiger partial charge >= 0.3 is 5.97 Å². The van der Waals surface area contributed by atoms with E-state index in [2.05, 4.69) is 4.37 Å². The van der Waals surface area contributed by atoms with Gasteiger partial charge in [0.05, 0.1) is 4.70 Å². The molecule has 2 aromatic rings. The van der Waals surface area contributed by atoms with Crippen molar-refractivity contribution in [1.82, 2.24) is 4.37 Å². The number of hydrogen-bond acceptors (Lipinski definition) is 4. The standard InChI is InChI=1S/C9H8N2O2S/c10-4-5-2-1-3-6-7(5)8(9(12)13)11-14-6/h1-3H,4,10H2,(H,12,13). The van der Waals surface area contributed by atoms with Crippen molar-refractivity contribution in [2.75, 3.05) is 0 Å². The average Bonchev–Trinajstić information content (AvgIpc) is 2.60. The van der Waals surface area contributed by atoms with Crippen molar-refractivity contribution in [2.45, 2.75) is 6.54 Å². The summed E-state index contributed by atoms with van der Waals surface area (Å²) in [6.45, 7) is 0.329. The summed E-state index contributed by atoms with van der Waals surface area (Å²) >= 11 is 1.19. The molecule has 0 aliphatic rings. The number of benzene rings is 1. The minimum atomic E-state index is -1.00. The van der Waals surface area contributed by atoms with E-state index >= 15 is 0 Å². The van der Waals surface area contributed by atoms with E-state index in [0.29, 0.717) is 11.9 Å². The van der Waals surface area contributed by atoms with Gasteiger partial charge in [0.15, 0.2) is 5.69 Å². The molecule has 1 aromatic heterocycles. The van der Waals surface area contributed by atoms with E-state index < -0.39 is 5.97 Å². The van der Waals surface area contributed by atoms with Crippen molar-refractivity contribution >= 4 is 27.6 Å². The lowest BCUT2D eigenvalue weighted by atomic mass is 10.1. The first-order valence-electron chi connectivity index (χ1n) is 4.04. The van der Waals surface area contributed by atoms with Crippen LogP contribution in [0.1, 0.15) is 16.1 Å². The maximum Gasteiger partial charge on any atom is 0.356 e. The highest BCUT2D eigenvalue weighted by molar-refractivity contribution is 7.13. The fraction of sp³-hybridized carbons (Fsp3) is 0.111. The molecule has 0 aliphatic carbocycles. The van der Waals surface area contributed by atoms with Crippen LogP contribution >= 0.6 is 11.5 Å². The number of carbonyl (C=O) groups is 1. The molecule has 0 amide bonds. The van der Waals surface area contributed by atoms with Gasteiger partial charge in [0.2, 0.25) is 0 Å². The third kappa shape index (κ3) is 1.26. The lowest BCUT2D eigenvalue weighted by Crippen LogP contribution is -2.01. The lowest BCUT2D eigenvalue weighted by Gasteiger charge is -1.98. The molecule has 4 nitrogen and oxygen atoms in total. The van der Waals surface area contributed by atoms with Crippen molar-refractivity contribution in [3.8, 4) is 0 Å². The molecule has 14 heavy (non-hydrogen) atoms. The monoisotopic (exact) mass is 208 g/mol. The highest BCUT2D eigenvalue weighted by Gasteiger charge is 2.15. The van der Waals surface area contributed by atoms with Crippen molar-refractivity contribution in [2.24, 2.45) is 5.73 Å². The first-order chi connectivity index (χ1) is 6.74. The number of hydrogen-bond donors (Lipinski definition) is 2. The van der Waals surface area contributed by atoms with E-state index in [1.807, 2.05) is 18.2 Å². The molecule has 0 spiro atoms. The Kier molecular flexibility index (Phi) is 2.18. The largest absolute Gasteiger partial charge is 0.476 e. The van der Waals surface area contributed by atoms with E-state index in [4.69, 9.17) is 10.8 Å². The molecular weight excluding hydrogens is 200 g/mol. The van der Waals surface area contributed by atoms with Gasteiger partial charge in [-0.3, -0.25) is 0 Å². The third-order valence-electron chi connectivity index (χ3n) is 2.01. The molecular formula is C9H8N2O2S. The molecule has 0 atom stereocenters. The van der Waals surface area contributed by atoms with E-state index in [9.17, 15) is 4.79 Å². The zero-order chi connectivity index (χ0) is 10.1. The zero-order valence-corrected chi connectivity index (χ0v) is 8.04. The molecule has 2 rings (SSSR count). The van der Waals surface area contributed by atoms with Crippen LogP contribution in [-0.4, -0.2) is 15.4 Å². The quantitative estimate of drug-likeness (QED) is 0.783. The van der Waals surface area contributed by atoms with Gasteiger partial charge < -0.3 is 10.8 Å². The minimum absolute atomic E-state index is 0.103. The molecule has 3 N–H and O–H groups in total. The van der Waals surface area contributed by atoms with E-state index in [1.165, 1.54) is 11.5 Å². The molecule has 0 radical (unpaired) electrons. The maximum atomic E-state index is 10.8. The second-order valence-corrected chi connectivity index (χ2v) is 3.64. The Hall–Kier alpha value is -1.46. The van der Waals surface area contributed by atoms with Gasteiger partial charge in [-0.1, -0.05) is 12.1 Å². The lowest BCUT2D eigenvalue weighted by molar-refractivity contribution is 0.0694. The van der Waals surface area contributed by atoms with Crippen LogP contribution in [0.4, 0.5) is 0 Å². The summed E-state index contributed by atoms with van der Waals surface area (Å²) in [5.41, 5.74) is 6.46. The van der Waals surface area contributed by atoms with E-state index in [1.54, 1.807) is 0 Å². The Morgan fingerprint density at radius 1 is 1.57 bits per heavy atom. The molecule has 72 valence electrons. The number of carboxylic acid groups (broad SMARTS) is 1. The first-order valence-corrected chi connectivity index (χ1v) is 4.82.